The number of nitrogens with zero attached hydrogens (tertiary/aromatic N) is 4. The molecule has 1 amide bonds. The summed E-state index contributed by atoms with van der Waals surface area (Å²) in [6, 6.07) is 26.5. The third-order valence-corrected chi connectivity index (χ3v) is 6.86. The molecule has 0 spiro atoms. The summed E-state index contributed by atoms with van der Waals surface area (Å²) in [6.07, 6.45) is 3.34. The minimum absolute atomic E-state index is 0.243. The number of halogens is 1. The molecule has 7 nitrogen and oxygen atoms in total. The van der Waals surface area contributed by atoms with Crippen LogP contribution >= 0.6 is 11.8 Å². The topological polar surface area (TPSA) is 81.9 Å². The summed E-state index contributed by atoms with van der Waals surface area (Å²) >= 11 is 1.26. The molecule has 0 aliphatic rings. The molecule has 2 aromatic heterocycles. The predicted octanol–water partition coefficient (Wildman–Crippen LogP) is 6.34. The van der Waals surface area contributed by atoms with Gasteiger partial charge in [-0.3, -0.25) is 14.3 Å². The first kappa shape index (κ1) is 25.2. The van der Waals surface area contributed by atoms with Crippen molar-refractivity contribution in [2.24, 2.45) is 0 Å². The van der Waals surface area contributed by atoms with E-state index >= 15 is 0 Å². The number of para-hydroxylation sites is 2. The van der Waals surface area contributed by atoms with Gasteiger partial charge in [-0.25, -0.2) is 4.39 Å². The maximum absolute atomic E-state index is 13.8. The van der Waals surface area contributed by atoms with Crippen LogP contribution in [0.1, 0.15) is 17.7 Å². The van der Waals surface area contributed by atoms with Gasteiger partial charge in [0.15, 0.2) is 11.0 Å². The lowest BCUT2D eigenvalue weighted by molar-refractivity contribution is -0.115. The number of thioether (sulfide) groups is 1. The highest BCUT2D eigenvalue weighted by Gasteiger charge is 2.27. The van der Waals surface area contributed by atoms with E-state index in [0.717, 1.165) is 11.1 Å². The Kier molecular flexibility index (Phi) is 7.75. The molecule has 5 rings (SSSR count). The maximum Gasteiger partial charge on any atom is 0.242 e. The Morgan fingerprint density at radius 1 is 0.947 bits per heavy atom. The van der Waals surface area contributed by atoms with E-state index in [9.17, 15) is 9.18 Å². The lowest BCUT2D eigenvalue weighted by atomic mass is 10.1. The number of hydrogen-bond acceptors (Lipinski definition) is 6. The maximum atomic E-state index is 13.8. The molecule has 0 saturated heterocycles. The summed E-state index contributed by atoms with van der Waals surface area (Å²) in [5.74, 6) is 0.550. The van der Waals surface area contributed by atoms with Crippen molar-refractivity contribution in [3.63, 3.8) is 0 Å². The third-order valence-electron chi connectivity index (χ3n) is 5.67. The van der Waals surface area contributed by atoms with Gasteiger partial charge in [-0.1, -0.05) is 54.2 Å². The van der Waals surface area contributed by atoms with Gasteiger partial charge in [0.25, 0.3) is 0 Å². The molecule has 0 radical (unpaired) electrons. The molecule has 0 bridgehead atoms. The van der Waals surface area contributed by atoms with Gasteiger partial charge in [0, 0.05) is 23.6 Å². The first-order valence-corrected chi connectivity index (χ1v) is 12.9. The summed E-state index contributed by atoms with van der Waals surface area (Å²) in [4.78, 5) is 17.8. The second kappa shape index (κ2) is 11.7. The van der Waals surface area contributed by atoms with Crippen LogP contribution in [-0.2, 0) is 4.79 Å². The van der Waals surface area contributed by atoms with E-state index < -0.39 is 5.25 Å². The molecule has 1 atom stereocenters. The van der Waals surface area contributed by atoms with E-state index in [1.54, 1.807) is 30.6 Å². The van der Waals surface area contributed by atoms with Gasteiger partial charge in [-0.2, -0.15) is 0 Å². The molecule has 38 heavy (non-hydrogen) atoms. The van der Waals surface area contributed by atoms with Crippen molar-refractivity contribution in [1.82, 2.24) is 19.7 Å². The summed E-state index contributed by atoms with van der Waals surface area (Å²) in [5.41, 5.74) is 2.83. The predicted molar refractivity (Wildman–Crippen MR) is 146 cm³/mol. The van der Waals surface area contributed by atoms with Crippen LogP contribution in [0, 0.1) is 5.82 Å². The molecule has 9 heteroatoms. The van der Waals surface area contributed by atoms with Gasteiger partial charge >= 0.3 is 0 Å². The Morgan fingerprint density at radius 3 is 2.39 bits per heavy atom. The molecule has 5 aromatic rings. The van der Waals surface area contributed by atoms with Gasteiger partial charge in [0.05, 0.1) is 12.3 Å². The van der Waals surface area contributed by atoms with Crippen LogP contribution in [0.3, 0.4) is 0 Å². The number of benzene rings is 3. The Balaban J connectivity index is 1.55. The quantitative estimate of drug-likeness (QED) is 0.226. The monoisotopic (exact) mass is 525 g/mol. The van der Waals surface area contributed by atoms with Crippen molar-refractivity contribution in [2.75, 3.05) is 11.9 Å². The zero-order valence-electron chi connectivity index (χ0n) is 20.5. The van der Waals surface area contributed by atoms with Gasteiger partial charge in [-0.05, 0) is 61.0 Å². The van der Waals surface area contributed by atoms with Crippen LogP contribution in [0.4, 0.5) is 10.1 Å². The smallest absolute Gasteiger partial charge is 0.242 e. The minimum atomic E-state index is -0.667. The van der Waals surface area contributed by atoms with E-state index in [2.05, 4.69) is 20.5 Å². The summed E-state index contributed by atoms with van der Waals surface area (Å²) < 4.78 is 21.3. The molecular formula is C29H24FN5O2S. The number of pyridine rings is 1. The SMILES string of the molecule is CCOc1ccccc1NC(=O)C(Sc1nnc(-c2ccncc2)n1-c1ccc(F)cc1)c1ccccc1. The van der Waals surface area contributed by atoms with E-state index in [4.69, 9.17) is 4.74 Å². The molecule has 1 unspecified atom stereocenters. The van der Waals surface area contributed by atoms with E-state index in [0.29, 0.717) is 34.7 Å². The second-order valence-corrected chi connectivity index (χ2v) is 9.25. The Hall–Kier alpha value is -4.50. The molecular weight excluding hydrogens is 501 g/mol. The average Bonchev–Trinajstić information content (AvgIpc) is 3.38. The first-order chi connectivity index (χ1) is 18.6. The van der Waals surface area contributed by atoms with Crippen molar-refractivity contribution < 1.29 is 13.9 Å². The third kappa shape index (κ3) is 5.57. The van der Waals surface area contributed by atoms with E-state index in [1.807, 2.05) is 72.2 Å². The number of hydrogen-bond donors (Lipinski definition) is 1. The van der Waals surface area contributed by atoms with E-state index in [-0.39, 0.29) is 11.7 Å². The zero-order chi connectivity index (χ0) is 26.3. The molecule has 2 heterocycles. The second-order valence-electron chi connectivity index (χ2n) is 8.18. The summed E-state index contributed by atoms with van der Waals surface area (Å²) in [6.45, 7) is 2.37. The molecule has 0 aliphatic carbocycles. The van der Waals surface area contributed by atoms with Crippen LogP contribution < -0.4 is 10.1 Å². The molecule has 190 valence electrons. The Morgan fingerprint density at radius 2 is 1.66 bits per heavy atom. The fraction of sp³-hybridized carbons (Fsp3) is 0.103. The standard InChI is InChI=1S/C29H24FN5O2S/c1-2-37-25-11-7-6-10-24(25)32-28(36)26(20-8-4-3-5-9-20)38-29-34-33-27(21-16-18-31-19-17-21)35(29)23-14-12-22(30)13-15-23/h3-19,26H,2H2,1H3,(H,32,36). The number of rotatable bonds is 9. The summed E-state index contributed by atoms with van der Waals surface area (Å²) in [7, 11) is 0. The molecule has 0 aliphatic heterocycles. The average molecular weight is 526 g/mol. The van der Waals surface area contributed by atoms with E-state index in [1.165, 1.54) is 23.9 Å². The van der Waals surface area contributed by atoms with Crippen LogP contribution in [0.15, 0.2) is 109 Å². The fourth-order valence-electron chi connectivity index (χ4n) is 3.91. The van der Waals surface area contributed by atoms with Gasteiger partial charge in [0.2, 0.25) is 5.91 Å². The van der Waals surface area contributed by atoms with Crippen LogP contribution in [-0.4, -0.2) is 32.3 Å². The first-order valence-electron chi connectivity index (χ1n) is 12.0. The Bertz CT molecular complexity index is 1510. The highest BCUT2D eigenvalue weighted by Crippen LogP contribution is 2.39. The van der Waals surface area contributed by atoms with Gasteiger partial charge < -0.3 is 10.1 Å². The largest absolute Gasteiger partial charge is 0.492 e. The molecule has 0 saturated carbocycles. The van der Waals surface area contributed by atoms with Gasteiger partial charge in [-0.15, -0.1) is 10.2 Å². The Labute approximate surface area is 223 Å². The molecule has 3 aromatic carbocycles. The highest BCUT2D eigenvalue weighted by molar-refractivity contribution is 8.00. The van der Waals surface area contributed by atoms with Gasteiger partial charge in [0.1, 0.15) is 16.8 Å². The lowest BCUT2D eigenvalue weighted by Crippen LogP contribution is -2.20. The number of anilines is 1. The molecule has 1 N–H and O–H groups in total. The number of nitrogens with one attached hydrogen (secondary N) is 1. The zero-order valence-corrected chi connectivity index (χ0v) is 21.3. The van der Waals surface area contributed by atoms with Crippen LogP contribution in [0.25, 0.3) is 17.1 Å². The number of ether oxygens (including phenoxy) is 1. The van der Waals surface area contributed by atoms with Crippen LogP contribution in [0.2, 0.25) is 0 Å². The minimum Gasteiger partial charge on any atom is -0.492 e. The van der Waals surface area contributed by atoms with Crippen molar-refractivity contribution in [1.29, 1.82) is 0 Å². The normalized spacial score (nSPS) is 11.6. The van der Waals surface area contributed by atoms with Crippen molar-refractivity contribution in [3.8, 4) is 22.8 Å². The number of carbonyl (C=O) groups is 1. The summed E-state index contributed by atoms with van der Waals surface area (Å²) in [5, 5.41) is 11.7. The lowest BCUT2D eigenvalue weighted by Gasteiger charge is -2.19. The molecule has 0 fully saturated rings. The number of aromatic nitrogens is 4. The highest BCUT2D eigenvalue weighted by atomic mass is 32.2. The fourth-order valence-corrected chi connectivity index (χ4v) is 4.97. The number of amides is 1. The van der Waals surface area contributed by atoms with Crippen molar-refractivity contribution in [3.05, 3.63) is 115 Å². The van der Waals surface area contributed by atoms with Crippen molar-refractivity contribution in [2.45, 2.75) is 17.3 Å². The van der Waals surface area contributed by atoms with Crippen molar-refractivity contribution >= 4 is 23.4 Å². The van der Waals surface area contributed by atoms with Crippen LogP contribution in [0.5, 0.6) is 5.75 Å². The number of carbonyl (C=O) groups excluding carboxylic acids is 1.